The summed E-state index contributed by atoms with van der Waals surface area (Å²) < 4.78 is 1.83. The second-order valence-corrected chi connectivity index (χ2v) is 8.41. The van der Waals surface area contributed by atoms with Gasteiger partial charge >= 0.3 is 0 Å². The fourth-order valence-corrected chi connectivity index (χ4v) is 5.88. The number of nitrogens with two attached hydrogens (primary N) is 1. The zero-order valence-electron chi connectivity index (χ0n) is 14.6. The van der Waals surface area contributed by atoms with Crippen LogP contribution in [0.5, 0.6) is 0 Å². The Hall–Kier alpha value is -1.36. The predicted molar refractivity (Wildman–Crippen MR) is 89.0 cm³/mol. The van der Waals surface area contributed by atoms with E-state index in [0.717, 1.165) is 34.8 Å². The number of anilines is 1. The van der Waals surface area contributed by atoms with Crippen LogP contribution in [0.25, 0.3) is 0 Å². The molecular formula is C18H29N4O+. The standard InChI is InChI=1S/C18H28N4O/c1-11-17(12(2)22(3)21-11)20-16(23)10-19-18-7-13-4-14(8-18)6-15(5-13)9-18/h13-15,19H,4-10H2,1-3H3,(H,20,23)/p+1. The summed E-state index contributed by atoms with van der Waals surface area (Å²) >= 11 is 0. The highest BCUT2D eigenvalue weighted by Gasteiger charge is 2.53. The Morgan fingerprint density at radius 1 is 1.22 bits per heavy atom. The zero-order valence-corrected chi connectivity index (χ0v) is 14.6. The van der Waals surface area contributed by atoms with Gasteiger partial charge in [-0.3, -0.25) is 9.48 Å². The quantitative estimate of drug-likeness (QED) is 0.884. The van der Waals surface area contributed by atoms with Crippen LogP contribution in [0.1, 0.15) is 49.9 Å². The molecule has 4 aliphatic carbocycles. The van der Waals surface area contributed by atoms with E-state index in [9.17, 15) is 4.79 Å². The number of nitrogens with zero attached hydrogens (tertiary/aromatic N) is 2. The summed E-state index contributed by atoms with van der Waals surface area (Å²) in [6.07, 6.45) is 8.35. The first kappa shape index (κ1) is 15.2. The molecule has 0 unspecified atom stereocenters. The molecule has 3 N–H and O–H groups in total. The van der Waals surface area contributed by atoms with Crippen LogP contribution in [-0.4, -0.2) is 27.8 Å². The van der Waals surface area contributed by atoms with Crippen molar-refractivity contribution in [1.82, 2.24) is 9.78 Å². The van der Waals surface area contributed by atoms with E-state index in [2.05, 4.69) is 15.7 Å². The summed E-state index contributed by atoms with van der Waals surface area (Å²) in [6, 6.07) is 0. The van der Waals surface area contributed by atoms with Crippen LogP contribution < -0.4 is 10.6 Å². The van der Waals surface area contributed by atoms with Crippen LogP contribution in [0.15, 0.2) is 0 Å². The zero-order chi connectivity index (χ0) is 16.2. The molecule has 4 aliphatic rings. The van der Waals surface area contributed by atoms with Gasteiger partial charge in [0.25, 0.3) is 5.91 Å². The molecule has 0 aromatic carbocycles. The normalized spacial score (nSPS) is 34.8. The van der Waals surface area contributed by atoms with Crippen LogP contribution in [0.3, 0.4) is 0 Å². The summed E-state index contributed by atoms with van der Waals surface area (Å²) in [5.41, 5.74) is 3.17. The van der Waals surface area contributed by atoms with Crippen molar-refractivity contribution < 1.29 is 10.1 Å². The lowest BCUT2D eigenvalue weighted by molar-refractivity contribution is -0.729. The van der Waals surface area contributed by atoms with Crippen molar-refractivity contribution in [3.63, 3.8) is 0 Å². The highest BCUT2D eigenvalue weighted by atomic mass is 16.1. The van der Waals surface area contributed by atoms with Gasteiger partial charge in [0.05, 0.1) is 22.6 Å². The van der Waals surface area contributed by atoms with Crippen molar-refractivity contribution in [2.75, 3.05) is 11.9 Å². The maximum atomic E-state index is 12.4. The first-order chi connectivity index (χ1) is 10.9. The number of aromatic nitrogens is 2. The number of nitrogens with one attached hydrogen (secondary N) is 1. The Balaban J connectivity index is 1.38. The van der Waals surface area contributed by atoms with Gasteiger partial charge in [-0.2, -0.15) is 5.10 Å². The van der Waals surface area contributed by atoms with Gasteiger partial charge in [-0.25, -0.2) is 0 Å². The number of carbonyl (C=O) groups excluding carboxylic acids is 1. The minimum absolute atomic E-state index is 0.111. The van der Waals surface area contributed by atoms with E-state index < -0.39 is 0 Å². The molecule has 0 atom stereocenters. The van der Waals surface area contributed by atoms with Crippen LogP contribution in [0.4, 0.5) is 5.69 Å². The molecule has 4 fully saturated rings. The van der Waals surface area contributed by atoms with E-state index in [-0.39, 0.29) is 5.91 Å². The van der Waals surface area contributed by atoms with Gasteiger partial charge in [0, 0.05) is 26.3 Å². The molecule has 4 saturated carbocycles. The lowest BCUT2D eigenvalue weighted by Gasteiger charge is -2.54. The minimum atomic E-state index is 0.111. The molecule has 0 aliphatic heterocycles. The van der Waals surface area contributed by atoms with Crippen molar-refractivity contribution >= 4 is 11.6 Å². The Kier molecular flexibility index (Phi) is 3.52. The molecule has 1 aromatic rings. The summed E-state index contributed by atoms with van der Waals surface area (Å²) in [6.45, 7) is 4.49. The maximum Gasteiger partial charge on any atom is 0.279 e. The number of quaternary nitrogens is 1. The summed E-state index contributed by atoms with van der Waals surface area (Å²) in [7, 11) is 1.92. The van der Waals surface area contributed by atoms with Crippen molar-refractivity contribution in [1.29, 1.82) is 0 Å². The maximum absolute atomic E-state index is 12.4. The first-order valence-electron chi connectivity index (χ1n) is 9.08. The molecular weight excluding hydrogens is 288 g/mol. The summed E-state index contributed by atoms with van der Waals surface area (Å²) in [5.74, 6) is 2.91. The van der Waals surface area contributed by atoms with Gasteiger partial charge in [0.2, 0.25) is 0 Å². The van der Waals surface area contributed by atoms with Gasteiger partial charge in [0.1, 0.15) is 0 Å². The molecule has 1 amide bonds. The molecule has 126 valence electrons. The van der Waals surface area contributed by atoms with E-state index in [1.54, 1.807) is 0 Å². The number of hydrogen-bond donors (Lipinski definition) is 2. The second-order valence-electron chi connectivity index (χ2n) is 8.41. The van der Waals surface area contributed by atoms with E-state index in [0.29, 0.717) is 12.1 Å². The number of carbonyl (C=O) groups is 1. The molecule has 0 saturated heterocycles. The van der Waals surface area contributed by atoms with Crippen LogP contribution in [0.2, 0.25) is 0 Å². The Bertz CT molecular complexity index is 598. The van der Waals surface area contributed by atoms with Gasteiger partial charge in [-0.05, 0) is 50.9 Å². The Labute approximate surface area is 138 Å². The van der Waals surface area contributed by atoms with Crippen molar-refractivity contribution in [2.24, 2.45) is 24.8 Å². The molecule has 5 rings (SSSR count). The van der Waals surface area contributed by atoms with Crippen molar-refractivity contribution in [3.8, 4) is 0 Å². The van der Waals surface area contributed by atoms with Gasteiger partial charge in [-0.1, -0.05) is 0 Å². The van der Waals surface area contributed by atoms with E-state index in [1.807, 2.05) is 25.6 Å². The van der Waals surface area contributed by atoms with E-state index in [1.165, 1.54) is 38.5 Å². The fourth-order valence-electron chi connectivity index (χ4n) is 5.88. The van der Waals surface area contributed by atoms with Gasteiger partial charge in [0.15, 0.2) is 6.54 Å². The third-order valence-electron chi connectivity index (χ3n) is 6.58. The minimum Gasteiger partial charge on any atom is -0.334 e. The molecule has 0 spiro atoms. The molecule has 5 heteroatoms. The van der Waals surface area contributed by atoms with Crippen LogP contribution in [0, 0.1) is 31.6 Å². The first-order valence-corrected chi connectivity index (χ1v) is 9.08. The SMILES string of the molecule is Cc1nn(C)c(C)c1NC(=O)C[NH2+]C12CC3CC(CC(C3)C1)C2. The highest BCUT2D eigenvalue weighted by Crippen LogP contribution is 2.54. The van der Waals surface area contributed by atoms with Crippen LogP contribution >= 0.6 is 0 Å². The van der Waals surface area contributed by atoms with E-state index >= 15 is 0 Å². The number of amides is 1. The topological polar surface area (TPSA) is 63.5 Å². The number of hydrogen-bond acceptors (Lipinski definition) is 2. The summed E-state index contributed by atoms with van der Waals surface area (Å²) in [5, 5.41) is 9.82. The number of aryl methyl sites for hydroxylation is 2. The monoisotopic (exact) mass is 317 g/mol. The van der Waals surface area contributed by atoms with Crippen molar-refractivity contribution in [3.05, 3.63) is 11.4 Å². The van der Waals surface area contributed by atoms with Gasteiger partial charge in [-0.15, -0.1) is 0 Å². The fraction of sp³-hybridized carbons (Fsp3) is 0.778. The van der Waals surface area contributed by atoms with E-state index in [4.69, 9.17) is 0 Å². The highest BCUT2D eigenvalue weighted by molar-refractivity contribution is 5.92. The second kappa shape index (κ2) is 5.33. The molecule has 4 bridgehead atoms. The largest absolute Gasteiger partial charge is 0.334 e. The molecule has 0 radical (unpaired) electrons. The van der Waals surface area contributed by atoms with Crippen molar-refractivity contribution in [2.45, 2.75) is 57.9 Å². The lowest BCUT2D eigenvalue weighted by atomic mass is 9.53. The average molecular weight is 317 g/mol. The third-order valence-corrected chi connectivity index (χ3v) is 6.58. The number of rotatable bonds is 4. The van der Waals surface area contributed by atoms with Gasteiger partial charge < -0.3 is 10.6 Å². The lowest BCUT2D eigenvalue weighted by Crippen LogP contribution is -3.00. The Morgan fingerprint density at radius 3 is 2.26 bits per heavy atom. The molecule has 1 heterocycles. The third kappa shape index (κ3) is 2.69. The predicted octanol–water partition coefficient (Wildman–Crippen LogP) is 1.51. The molecule has 1 aromatic heterocycles. The smallest absolute Gasteiger partial charge is 0.279 e. The Morgan fingerprint density at radius 2 is 1.78 bits per heavy atom. The van der Waals surface area contributed by atoms with Crippen LogP contribution in [-0.2, 0) is 11.8 Å². The average Bonchev–Trinajstić information content (AvgIpc) is 2.70. The summed E-state index contributed by atoms with van der Waals surface area (Å²) in [4.78, 5) is 12.4. The molecule has 5 nitrogen and oxygen atoms in total. The molecule has 23 heavy (non-hydrogen) atoms.